The van der Waals surface area contributed by atoms with Crippen LogP contribution in [0.15, 0.2) is 118 Å². The summed E-state index contributed by atoms with van der Waals surface area (Å²) >= 11 is 1.30. The van der Waals surface area contributed by atoms with E-state index in [4.69, 9.17) is 9.73 Å². The predicted octanol–water partition coefficient (Wildman–Crippen LogP) is 7.70. The summed E-state index contributed by atoms with van der Waals surface area (Å²) in [5.74, 6) is 0.968. The first kappa shape index (κ1) is 25.7. The summed E-state index contributed by atoms with van der Waals surface area (Å²) in [4.78, 5) is 5.93. The third-order valence-electron chi connectivity index (χ3n) is 5.74. The molecule has 4 nitrogen and oxygen atoms in total. The minimum atomic E-state index is -3.70. The molecule has 184 valence electrons. The fourth-order valence-electron chi connectivity index (χ4n) is 3.63. The first-order valence-electron chi connectivity index (χ1n) is 11.7. The SMILES string of the molecule is Cc1cccc(O/C(CC(Sc2ccccc2)S(=O)(=O)c2ccccc2)=N\c2ccc(C)c(C)c2)c1. The zero-order valence-electron chi connectivity index (χ0n) is 20.6. The Kier molecular flexibility index (Phi) is 8.28. The summed E-state index contributed by atoms with van der Waals surface area (Å²) in [7, 11) is -3.70. The Morgan fingerprint density at radius 2 is 1.50 bits per heavy atom. The van der Waals surface area contributed by atoms with Gasteiger partial charge in [-0.1, -0.05) is 54.6 Å². The Hall–Kier alpha value is -3.35. The van der Waals surface area contributed by atoms with Crippen molar-refractivity contribution in [2.24, 2.45) is 4.99 Å². The highest BCUT2D eigenvalue weighted by Crippen LogP contribution is 2.34. The van der Waals surface area contributed by atoms with Crippen LogP contribution in [-0.4, -0.2) is 18.9 Å². The van der Waals surface area contributed by atoms with Crippen LogP contribution in [0.5, 0.6) is 5.75 Å². The third-order valence-corrected chi connectivity index (χ3v) is 9.55. The number of hydrogen-bond donors (Lipinski definition) is 0. The van der Waals surface area contributed by atoms with Gasteiger partial charge in [0.25, 0.3) is 0 Å². The normalized spacial score (nSPS) is 12.8. The van der Waals surface area contributed by atoms with E-state index in [1.807, 2.05) is 99.6 Å². The number of nitrogens with zero attached hydrogens (tertiary/aromatic N) is 1. The minimum Gasteiger partial charge on any atom is -0.443 e. The number of hydrogen-bond acceptors (Lipinski definition) is 5. The molecule has 4 aromatic carbocycles. The second-order valence-electron chi connectivity index (χ2n) is 8.62. The molecule has 0 aliphatic heterocycles. The van der Waals surface area contributed by atoms with Gasteiger partial charge in [0, 0.05) is 4.90 Å². The molecule has 4 rings (SSSR count). The number of rotatable bonds is 8. The highest BCUT2D eigenvalue weighted by molar-refractivity contribution is 8.13. The molecular formula is C30H29NO3S2. The zero-order chi connectivity index (χ0) is 25.5. The van der Waals surface area contributed by atoms with Gasteiger partial charge in [-0.2, -0.15) is 0 Å². The lowest BCUT2D eigenvalue weighted by molar-refractivity contribution is 0.531. The van der Waals surface area contributed by atoms with Crippen molar-refractivity contribution in [1.82, 2.24) is 0 Å². The van der Waals surface area contributed by atoms with E-state index in [-0.39, 0.29) is 11.3 Å². The number of sulfone groups is 1. The van der Waals surface area contributed by atoms with E-state index >= 15 is 0 Å². The Morgan fingerprint density at radius 3 is 2.17 bits per heavy atom. The summed E-state index contributed by atoms with van der Waals surface area (Å²) in [6, 6.07) is 31.7. The molecule has 0 spiro atoms. The molecule has 6 heteroatoms. The number of thioether (sulfide) groups is 1. The number of aliphatic imine (C=N–C) groups is 1. The van der Waals surface area contributed by atoms with E-state index in [9.17, 15) is 8.42 Å². The Bertz CT molecular complexity index is 1450. The second-order valence-corrected chi connectivity index (χ2v) is 12.3. The number of ether oxygens (including phenoxy) is 1. The van der Waals surface area contributed by atoms with Gasteiger partial charge in [-0.15, -0.1) is 11.8 Å². The molecule has 0 N–H and O–H groups in total. The molecule has 0 radical (unpaired) electrons. The summed E-state index contributed by atoms with van der Waals surface area (Å²) in [6.07, 6.45) is 0.0949. The molecule has 0 aliphatic carbocycles. The van der Waals surface area contributed by atoms with Crippen molar-refractivity contribution in [2.75, 3.05) is 0 Å². The molecule has 0 saturated carbocycles. The maximum absolute atomic E-state index is 13.8. The molecule has 0 bridgehead atoms. The summed E-state index contributed by atoms with van der Waals surface area (Å²) in [6.45, 7) is 6.07. The van der Waals surface area contributed by atoms with Crippen molar-refractivity contribution in [3.63, 3.8) is 0 Å². The van der Waals surface area contributed by atoms with Crippen LogP contribution in [0, 0.1) is 20.8 Å². The van der Waals surface area contributed by atoms with E-state index in [1.165, 1.54) is 17.3 Å². The molecule has 1 atom stereocenters. The van der Waals surface area contributed by atoms with Crippen molar-refractivity contribution < 1.29 is 13.2 Å². The van der Waals surface area contributed by atoms with Crippen molar-refractivity contribution >= 4 is 33.2 Å². The maximum atomic E-state index is 13.8. The molecule has 0 saturated heterocycles. The van der Waals surface area contributed by atoms with Gasteiger partial charge in [0.1, 0.15) is 10.3 Å². The molecule has 1 unspecified atom stereocenters. The van der Waals surface area contributed by atoms with E-state index in [0.29, 0.717) is 11.6 Å². The molecule has 36 heavy (non-hydrogen) atoms. The van der Waals surface area contributed by atoms with Crippen LogP contribution in [-0.2, 0) is 9.84 Å². The zero-order valence-corrected chi connectivity index (χ0v) is 22.2. The van der Waals surface area contributed by atoms with Crippen LogP contribution >= 0.6 is 11.8 Å². The Balaban J connectivity index is 1.76. The monoisotopic (exact) mass is 515 g/mol. The van der Waals surface area contributed by atoms with Crippen LogP contribution in [0.3, 0.4) is 0 Å². The lowest BCUT2D eigenvalue weighted by Crippen LogP contribution is -2.24. The van der Waals surface area contributed by atoms with Gasteiger partial charge in [-0.25, -0.2) is 13.4 Å². The third kappa shape index (κ3) is 6.65. The molecule has 0 fully saturated rings. The molecule has 0 amide bonds. The van der Waals surface area contributed by atoms with Crippen LogP contribution < -0.4 is 4.74 Å². The van der Waals surface area contributed by atoms with Gasteiger partial charge < -0.3 is 4.74 Å². The maximum Gasteiger partial charge on any atom is 0.197 e. The van der Waals surface area contributed by atoms with Gasteiger partial charge in [0.2, 0.25) is 0 Å². The van der Waals surface area contributed by atoms with Crippen molar-refractivity contribution in [3.8, 4) is 5.75 Å². The summed E-state index contributed by atoms with van der Waals surface area (Å²) in [5.41, 5.74) is 4.05. The van der Waals surface area contributed by atoms with Gasteiger partial charge >= 0.3 is 0 Å². The average molecular weight is 516 g/mol. The van der Waals surface area contributed by atoms with Crippen molar-refractivity contribution in [2.45, 2.75) is 41.6 Å². The molecule has 0 heterocycles. The molecular weight excluding hydrogens is 486 g/mol. The van der Waals surface area contributed by atoms with E-state index in [2.05, 4.69) is 0 Å². The largest absolute Gasteiger partial charge is 0.443 e. The van der Waals surface area contributed by atoms with Crippen LogP contribution in [0.1, 0.15) is 23.1 Å². The Labute approximate surface area is 218 Å². The van der Waals surface area contributed by atoms with E-state index in [1.54, 1.807) is 24.3 Å². The molecule has 0 aromatic heterocycles. The smallest absolute Gasteiger partial charge is 0.197 e. The predicted molar refractivity (Wildman–Crippen MR) is 149 cm³/mol. The molecule has 0 aliphatic rings. The number of benzene rings is 4. The van der Waals surface area contributed by atoms with Crippen LogP contribution in [0.2, 0.25) is 0 Å². The first-order chi connectivity index (χ1) is 17.3. The minimum absolute atomic E-state index is 0.0949. The van der Waals surface area contributed by atoms with Crippen molar-refractivity contribution in [3.05, 3.63) is 120 Å². The number of aryl methyl sites for hydroxylation is 3. The van der Waals surface area contributed by atoms with Crippen molar-refractivity contribution in [1.29, 1.82) is 0 Å². The standard InChI is InChI=1S/C30H29NO3S2/c1-22-11-10-12-26(19-22)34-29(31-25-18-17-23(2)24(3)20-25)21-30(35-27-13-6-4-7-14-27)36(32,33)28-15-8-5-9-16-28/h4-20,30H,21H2,1-3H3/b31-29-. The lowest BCUT2D eigenvalue weighted by Gasteiger charge is -2.19. The van der Waals surface area contributed by atoms with Gasteiger partial charge in [0.05, 0.1) is 17.0 Å². The first-order valence-corrected chi connectivity index (χ1v) is 14.1. The Morgan fingerprint density at radius 1 is 0.806 bits per heavy atom. The van der Waals surface area contributed by atoms with Crippen LogP contribution in [0.25, 0.3) is 0 Å². The fourth-order valence-corrected chi connectivity index (χ4v) is 6.85. The van der Waals surface area contributed by atoms with E-state index in [0.717, 1.165) is 21.7 Å². The topological polar surface area (TPSA) is 55.7 Å². The van der Waals surface area contributed by atoms with Crippen LogP contribution in [0.4, 0.5) is 5.69 Å². The highest BCUT2D eigenvalue weighted by atomic mass is 32.3. The van der Waals surface area contributed by atoms with E-state index < -0.39 is 14.4 Å². The summed E-state index contributed by atoms with van der Waals surface area (Å²) < 4.78 is 33.0. The van der Waals surface area contributed by atoms with Gasteiger partial charge in [0.15, 0.2) is 15.7 Å². The lowest BCUT2D eigenvalue weighted by atomic mass is 10.1. The van der Waals surface area contributed by atoms with Gasteiger partial charge in [-0.05, 0) is 86.0 Å². The fraction of sp³-hybridized carbons (Fsp3) is 0.167. The molecule has 4 aromatic rings. The summed E-state index contributed by atoms with van der Waals surface area (Å²) in [5, 5.41) is 0. The average Bonchev–Trinajstić information content (AvgIpc) is 2.87. The quantitative estimate of drug-likeness (QED) is 0.137. The van der Waals surface area contributed by atoms with Gasteiger partial charge in [-0.3, -0.25) is 0 Å². The highest BCUT2D eigenvalue weighted by Gasteiger charge is 2.31. The second kappa shape index (κ2) is 11.6.